The summed E-state index contributed by atoms with van der Waals surface area (Å²) in [4.78, 5) is 12.3. The lowest BCUT2D eigenvalue weighted by molar-refractivity contribution is -0.112. The number of amides is 1. The monoisotopic (exact) mass is 466 g/mol. The second-order valence-corrected chi connectivity index (χ2v) is 6.86. The number of hydrogen-bond donors (Lipinski definition) is 1. The smallest absolute Gasteiger partial charge is 0.266 e. The molecule has 1 amide bonds. The summed E-state index contributed by atoms with van der Waals surface area (Å²) in [5.74, 6) is 0.986. The van der Waals surface area contributed by atoms with Gasteiger partial charge in [-0.25, -0.2) is 0 Å². The third kappa shape index (κ3) is 5.43. The van der Waals surface area contributed by atoms with Gasteiger partial charge in [0.25, 0.3) is 5.91 Å². The number of benzene rings is 3. The normalized spacial score (nSPS) is 10.7. The van der Waals surface area contributed by atoms with Crippen LogP contribution in [-0.4, -0.2) is 5.91 Å². The summed E-state index contributed by atoms with van der Waals surface area (Å²) in [5.41, 5.74) is 1.43. The molecule has 0 heterocycles. The molecule has 0 aliphatic heterocycles. The van der Waals surface area contributed by atoms with E-state index in [0.717, 1.165) is 14.9 Å². The Hall–Kier alpha value is -3.11. The molecule has 3 aromatic rings. The minimum absolute atomic E-state index is 0.0330. The first-order valence-corrected chi connectivity index (χ1v) is 9.23. The van der Waals surface area contributed by atoms with Crippen molar-refractivity contribution in [2.24, 2.45) is 0 Å². The summed E-state index contributed by atoms with van der Waals surface area (Å²) in [7, 11) is 0. The Morgan fingerprint density at radius 2 is 1.67 bits per heavy atom. The average molecular weight is 466 g/mol. The second-order valence-electron chi connectivity index (χ2n) is 5.62. The molecule has 0 spiro atoms. The van der Waals surface area contributed by atoms with Crippen LogP contribution in [0.25, 0.3) is 6.08 Å². The average Bonchev–Trinajstić information content (AvgIpc) is 2.68. The summed E-state index contributed by atoms with van der Waals surface area (Å²) in [6.07, 6.45) is 1.55. The van der Waals surface area contributed by atoms with Gasteiger partial charge in [-0.3, -0.25) is 4.79 Å². The molecule has 3 rings (SSSR count). The molecule has 5 heteroatoms. The first-order chi connectivity index (χ1) is 13.1. The number of anilines is 1. The number of nitrogens with one attached hydrogen (secondary N) is 1. The Kier molecular flexibility index (Phi) is 6.23. The quantitative estimate of drug-likeness (QED) is 0.301. The van der Waals surface area contributed by atoms with Crippen LogP contribution in [0.15, 0.2) is 84.4 Å². The number of hydrogen-bond acceptors (Lipinski definition) is 3. The molecule has 3 aromatic carbocycles. The van der Waals surface area contributed by atoms with Gasteiger partial charge in [0, 0.05) is 9.26 Å². The molecule has 0 aliphatic carbocycles. The van der Waals surface area contributed by atoms with Crippen molar-refractivity contribution in [3.8, 4) is 17.6 Å². The molecular formula is C22H15IN2O2. The van der Waals surface area contributed by atoms with Crippen molar-refractivity contribution >= 4 is 40.3 Å². The number of nitrogens with zero attached hydrogens (tertiary/aromatic N) is 1. The minimum Gasteiger partial charge on any atom is -0.457 e. The van der Waals surface area contributed by atoms with Crippen molar-refractivity contribution in [3.05, 3.63) is 93.6 Å². The van der Waals surface area contributed by atoms with Gasteiger partial charge >= 0.3 is 0 Å². The molecule has 0 saturated heterocycles. The molecule has 0 unspecified atom stereocenters. The first-order valence-electron chi connectivity index (χ1n) is 8.16. The standard InChI is InChI=1S/C22H15IN2O2/c23-18-5-4-6-19(14-18)25-22(26)17(15-24)13-16-9-11-21(12-10-16)27-20-7-2-1-3-8-20/h1-14H,(H,25,26). The number of ether oxygens (including phenoxy) is 1. The minimum atomic E-state index is -0.441. The van der Waals surface area contributed by atoms with Gasteiger partial charge in [0.15, 0.2) is 0 Å². The van der Waals surface area contributed by atoms with E-state index < -0.39 is 5.91 Å². The molecule has 0 radical (unpaired) electrons. The van der Waals surface area contributed by atoms with Crippen molar-refractivity contribution in [2.45, 2.75) is 0 Å². The molecule has 0 saturated carbocycles. The number of rotatable bonds is 5. The number of carbonyl (C=O) groups is 1. The van der Waals surface area contributed by atoms with Crippen molar-refractivity contribution in [1.29, 1.82) is 5.26 Å². The van der Waals surface area contributed by atoms with Crippen LogP contribution in [0.2, 0.25) is 0 Å². The van der Waals surface area contributed by atoms with Crippen molar-refractivity contribution in [2.75, 3.05) is 5.32 Å². The van der Waals surface area contributed by atoms with E-state index in [-0.39, 0.29) is 5.57 Å². The maximum absolute atomic E-state index is 12.3. The highest BCUT2D eigenvalue weighted by atomic mass is 127. The summed E-state index contributed by atoms with van der Waals surface area (Å²) < 4.78 is 6.74. The van der Waals surface area contributed by atoms with E-state index in [4.69, 9.17) is 4.74 Å². The van der Waals surface area contributed by atoms with E-state index in [9.17, 15) is 10.1 Å². The van der Waals surface area contributed by atoms with Gasteiger partial charge in [0.2, 0.25) is 0 Å². The van der Waals surface area contributed by atoms with E-state index in [1.807, 2.05) is 54.6 Å². The maximum atomic E-state index is 12.3. The van der Waals surface area contributed by atoms with Crippen LogP contribution in [0.3, 0.4) is 0 Å². The molecule has 1 N–H and O–H groups in total. The summed E-state index contributed by atoms with van der Waals surface area (Å²) in [6, 6.07) is 26.0. The van der Waals surface area contributed by atoms with Crippen LogP contribution in [0.5, 0.6) is 11.5 Å². The highest BCUT2D eigenvalue weighted by Crippen LogP contribution is 2.22. The maximum Gasteiger partial charge on any atom is 0.266 e. The van der Waals surface area contributed by atoms with Crippen molar-refractivity contribution in [3.63, 3.8) is 0 Å². The van der Waals surface area contributed by atoms with Crippen LogP contribution in [-0.2, 0) is 4.79 Å². The second kappa shape index (κ2) is 9.01. The van der Waals surface area contributed by atoms with E-state index in [1.165, 1.54) is 0 Å². The van der Waals surface area contributed by atoms with Gasteiger partial charge in [-0.15, -0.1) is 0 Å². The summed E-state index contributed by atoms with van der Waals surface area (Å²) >= 11 is 2.17. The summed E-state index contributed by atoms with van der Waals surface area (Å²) in [6.45, 7) is 0. The largest absolute Gasteiger partial charge is 0.457 e. The molecule has 0 fully saturated rings. The fraction of sp³-hybridized carbons (Fsp3) is 0. The zero-order valence-corrected chi connectivity index (χ0v) is 16.4. The Balaban J connectivity index is 1.71. The van der Waals surface area contributed by atoms with Gasteiger partial charge < -0.3 is 10.1 Å². The van der Waals surface area contributed by atoms with E-state index in [0.29, 0.717) is 11.4 Å². The predicted molar refractivity (Wildman–Crippen MR) is 114 cm³/mol. The molecule has 132 valence electrons. The van der Waals surface area contributed by atoms with Gasteiger partial charge in [0.1, 0.15) is 23.1 Å². The topological polar surface area (TPSA) is 62.1 Å². The molecule has 0 aromatic heterocycles. The Morgan fingerprint density at radius 3 is 2.33 bits per heavy atom. The van der Waals surface area contributed by atoms with Crippen molar-refractivity contribution in [1.82, 2.24) is 0 Å². The molecule has 0 bridgehead atoms. The Morgan fingerprint density at radius 1 is 0.963 bits per heavy atom. The molecule has 0 atom stereocenters. The Labute approximate surface area is 171 Å². The van der Waals surface area contributed by atoms with E-state index in [1.54, 1.807) is 36.4 Å². The Bertz CT molecular complexity index is 1010. The van der Waals surface area contributed by atoms with Crippen LogP contribution >= 0.6 is 22.6 Å². The van der Waals surface area contributed by atoms with Crippen LogP contribution in [0.4, 0.5) is 5.69 Å². The van der Waals surface area contributed by atoms with E-state index in [2.05, 4.69) is 27.9 Å². The van der Waals surface area contributed by atoms with Crippen molar-refractivity contribution < 1.29 is 9.53 Å². The number of halogens is 1. The number of carbonyl (C=O) groups excluding carboxylic acids is 1. The third-order valence-electron chi connectivity index (χ3n) is 3.62. The van der Waals surface area contributed by atoms with E-state index >= 15 is 0 Å². The molecule has 0 aliphatic rings. The SMILES string of the molecule is N#CC(=Cc1ccc(Oc2ccccc2)cc1)C(=O)Nc1cccc(I)c1. The third-order valence-corrected chi connectivity index (χ3v) is 4.29. The van der Waals surface area contributed by atoms with Crippen LogP contribution < -0.4 is 10.1 Å². The molecule has 27 heavy (non-hydrogen) atoms. The van der Waals surface area contributed by atoms with Crippen LogP contribution in [0.1, 0.15) is 5.56 Å². The highest BCUT2D eigenvalue weighted by molar-refractivity contribution is 14.1. The summed E-state index contributed by atoms with van der Waals surface area (Å²) in [5, 5.41) is 12.1. The van der Waals surface area contributed by atoms with Crippen LogP contribution in [0, 0.1) is 14.9 Å². The zero-order chi connectivity index (χ0) is 19.1. The molecule has 4 nitrogen and oxygen atoms in total. The number of para-hydroxylation sites is 1. The molecular weight excluding hydrogens is 451 g/mol. The van der Waals surface area contributed by atoms with Gasteiger partial charge in [0.05, 0.1) is 0 Å². The lowest BCUT2D eigenvalue weighted by Gasteiger charge is -2.06. The predicted octanol–water partition coefficient (Wildman–Crippen LogP) is 5.63. The highest BCUT2D eigenvalue weighted by Gasteiger charge is 2.10. The lowest BCUT2D eigenvalue weighted by atomic mass is 10.1. The van der Waals surface area contributed by atoms with Gasteiger partial charge in [-0.05, 0) is 76.7 Å². The zero-order valence-electron chi connectivity index (χ0n) is 14.2. The lowest BCUT2D eigenvalue weighted by Crippen LogP contribution is -2.13. The fourth-order valence-corrected chi connectivity index (χ4v) is 2.88. The van der Waals surface area contributed by atoms with Gasteiger partial charge in [-0.2, -0.15) is 5.26 Å². The van der Waals surface area contributed by atoms with Gasteiger partial charge in [-0.1, -0.05) is 36.4 Å². The first kappa shape index (κ1) is 18.7. The fourth-order valence-electron chi connectivity index (χ4n) is 2.34. The number of nitriles is 1.